The lowest BCUT2D eigenvalue weighted by Crippen LogP contribution is -2.60. The summed E-state index contributed by atoms with van der Waals surface area (Å²) in [6, 6.07) is 3.42. The Hall–Kier alpha value is -1.88. The molecule has 2 atom stereocenters. The summed E-state index contributed by atoms with van der Waals surface area (Å²) in [7, 11) is 11.5. The molecule has 4 aliphatic carbocycles. The summed E-state index contributed by atoms with van der Waals surface area (Å²) in [6.45, 7) is 0. The van der Waals surface area contributed by atoms with Crippen molar-refractivity contribution in [3.8, 4) is 0 Å². The number of carbonyl (C=O) groups is 2. The molecule has 1 aromatic rings. The average molecular weight is 502 g/mol. The van der Waals surface area contributed by atoms with Crippen LogP contribution in [0.25, 0.3) is 0 Å². The molecule has 0 amide bonds. The van der Waals surface area contributed by atoms with Crippen LogP contribution in [0.2, 0.25) is 0 Å². The highest BCUT2D eigenvalue weighted by Crippen LogP contribution is 2.58. The van der Waals surface area contributed by atoms with Gasteiger partial charge in [0, 0.05) is 11.8 Å². The standard InChI is InChI=1S/C22H23B3F2O7S/c23-8-12-3-15(9-24)17(10-25)16(4-12)19(28)33-18-13-1-11-2-14(18)7-21(5-11,6-13)34-20(29)22(26,27)35(30,31)32/h3-4,11,13-14,18H,1-2,5-10H2,(H,30,31,32). The van der Waals surface area contributed by atoms with E-state index in [1.165, 1.54) is 0 Å². The number of hydrogen-bond acceptors (Lipinski definition) is 6. The average Bonchev–Trinajstić information content (AvgIpc) is 2.78. The van der Waals surface area contributed by atoms with Crippen LogP contribution in [-0.4, -0.2) is 65.4 Å². The van der Waals surface area contributed by atoms with Gasteiger partial charge < -0.3 is 9.47 Å². The molecule has 6 radical (unpaired) electrons. The second-order valence-electron chi connectivity index (χ2n) is 9.80. The van der Waals surface area contributed by atoms with Gasteiger partial charge in [-0.25, -0.2) is 9.59 Å². The molecule has 0 saturated heterocycles. The van der Waals surface area contributed by atoms with Crippen LogP contribution < -0.4 is 0 Å². The van der Waals surface area contributed by atoms with Crippen molar-refractivity contribution in [1.29, 1.82) is 0 Å². The summed E-state index contributed by atoms with van der Waals surface area (Å²) in [5, 5.41) is -5.06. The summed E-state index contributed by atoms with van der Waals surface area (Å²) in [6.07, 6.45) is 1.81. The van der Waals surface area contributed by atoms with Gasteiger partial charge in [-0.2, -0.15) is 17.2 Å². The number of rotatable bonds is 8. The molecule has 0 heterocycles. The third kappa shape index (κ3) is 4.66. The summed E-state index contributed by atoms with van der Waals surface area (Å²) in [5.41, 5.74) is 0.942. The van der Waals surface area contributed by atoms with E-state index >= 15 is 0 Å². The quantitative estimate of drug-likeness (QED) is 0.329. The molecule has 4 fully saturated rings. The van der Waals surface area contributed by atoms with E-state index in [1.807, 2.05) is 0 Å². The zero-order valence-corrected chi connectivity index (χ0v) is 19.7. The summed E-state index contributed by atoms with van der Waals surface area (Å²) >= 11 is 0. The minimum atomic E-state index is -5.97. The lowest BCUT2D eigenvalue weighted by molar-refractivity contribution is -0.217. The van der Waals surface area contributed by atoms with Crippen LogP contribution in [0.4, 0.5) is 8.78 Å². The number of alkyl halides is 2. The van der Waals surface area contributed by atoms with Gasteiger partial charge in [0.25, 0.3) is 0 Å². The van der Waals surface area contributed by atoms with Crippen LogP contribution in [0.5, 0.6) is 0 Å². The van der Waals surface area contributed by atoms with Crippen LogP contribution in [0.1, 0.15) is 59.2 Å². The summed E-state index contributed by atoms with van der Waals surface area (Å²) in [4.78, 5) is 25.2. The summed E-state index contributed by atoms with van der Waals surface area (Å²) in [5.74, 6) is -3.35. The number of hydrogen-bond donors (Lipinski definition) is 1. The molecule has 4 bridgehead atoms. The van der Waals surface area contributed by atoms with E-state index < -0.39 is 39.0 Å². The van der Waals surface area contributed by atoms with Gasteiger partial charge >= 0.3 is 27.3 Å². The maximum atomic E-state index is 13.8. The molecule has 0 spiro atoms. The van der Waals surface area contributed by atoms with E-state index in [1.54, 1.807) is 12.1 Å². The highest BCUT2D eigenvalue weighted by Gasteiger charge is 2.62. The first-order chi connectivity index (χ1) is 16.3. The number of ether oxygens (including phenoxy) is 2. The van der Waals surface area contributed by atoms with Crippen molar-refractivity contribution < 1.29 is 40.8 Å². The van der Waals surface area contributed by atoms with Crippen LogP contribution in [0.15, 0.2) is 12.1 Å². The lowest BCUT2D eigenvalue weighted by atomic mass is 9.53. The molecule has 182 valence electrons. The number of carbonyl (C=O) groups excluding carboxylic acids is 2. The molecule has 35 heavy (non-hydrogen) atoms. The second-order valence-corrected chi connectivity index (χ2v) is 11.3. The first kappa shape index (κ1) is 26.2. The van der Waals surface area contributed by atoms with Crippen molar-refractivity contribution in [1.82, 2.24) is 0 Å². The van der Waals surface area contributed by atoms with Crippen molar-refractivity contribution in [2.24, 2.45) is 17.8 Å². The molecule has 4 aliphatic rings. The molecule has 1 aromatic carbocycles. The van der Waals surface area contributed by atoms with Gasteiger partial charge in [0.15, 0.2) is 0 Å². The smallest absolute Gasteiger partial charge is 0.458 e. The Morgan fingerprint density at radius 2 is 1.69 bits per heavy atom. The van der Waals surface area contributed by atoms with Crippen molar-refractivity contribution in [2.75, 3.05) is 0 Å². The number of halogens is 2. The summed E-state index contributed by atoms with van der Waals surface area (Å²) < 4.78 is 69.3. The Morgan fingerprint density at radius 1 is 1.06 bits per heavy atom. The molecule has 7 nitrogen and oxygen atoms in total. The first-order valence-electron chi connectivity index (χ1n) is 11.4. The van der Waals surface area contributed by atoms with Crippen LogP contribution >= 0.6 is 0 Å². The largest absolute Gasteiger partial charge is 0.465 e. The monoisotopic (exact) mass is 502 g/mol. The van der Waals surface area contributed by atoms with Gasteiger partial charge in [0.05, 0.1) is 29.1 Å². The van der Waals surface area contributed by atoms with Crippen LogP contribution in [0, 0.1) is 17.8 Å². The van der Waals surface area contributed by atoms with E-state index in [0.717, 1.165) is 0 Å². The number of esters is 2. The van der Waals surface area contributed by atoms with E-state index in [-0.39, 0.29) is 55.1 Å². The molecule has 5 rings (SSSR count). The normalized spacial score (nSPS) is 29.7. The molecule has 2 unspecified atom stereocenters. The van der Waals surface area contributed by atoms with Crippen LogP contribution in [0.3, 0.4) is 0 Å². The molecular formula is C22H23B3F2O7S. The van der Waals surface area contributed by atoms with Crippen LogP contribution in [-0.2, 0) is 43.3 Å². The van der Waals surface area contributed by atoms with E-state index in [0.29, 0.717) is 36.0 Å². The molecule has 4 saturated carbocycles. The van der Waals surface area contributed by atoms with Gasteiger partial charge in [-0.05, 0) is 49.7 Å². The topological polar surface area (TPSA) is 107 Å². The minimum Gasteiger partial charge on any atom is -0.458 e. The van der Waals surface area contributed by atoms with Gasteiger partial charge in [-0.15, -0.1) is 0 Å². The van der Waals surface area contributed by atoms with Crippen molar-refractivity contribution >= 4 is 45.6 Å². The lowest BCUT2D eigenvalue weighted by Gasteiger charge is -2.58. The fourth-order valence-electron chi connectivity index (χ4n) is 6.29. The maximum absolute atomic E-state index is 13.8. The van der Waals surface area contributed by atoms with Gasteiger partial charge in [-0.3, -0.25) is 4.55 Å². The fourth-order valence-corrected chi connectivity index (χ4v) is 6.54. The Labute approximate surface area is 206 Å². The predicted molar refractivity (Wildman–Crippen MR) is 123 cm³/mol. The maximum Gasteiger partial charge on any atom is 0.465 e. The van der Waals surface area contributed by atoms with Crippen molar-refractivity contribution in [3.63, 3.8) is 0 Å². The van der Waals surface area contributed by atoms with Crippen molar-refractivity contribution in [3.05, 3.63) is 34.4 Å². The zero-order chi connectivity index (χ0) is 25.8. The molecule has 0 aliphatic heterocycles. The minimum absolute atomic E-state index is 0.0543. The molecule has 1 N–H and O–H groups in total. The third-order valence-corrected chi connectivity index (χ3v) is 8.34. The van der Waals surface area contributed by atoms with Crippen molar-refractivity contribution in [2.45, 2.75) is 68.0 Å². The second kappa shape index (κ2) is 9.21. The Bertz CT molecular complexity index is 1130. The van der Waals surface area contributed by atoms with E-state index in [9.17, 15) is 26.8 Å². The molecular weight excluding hydrogens is 479 g/mol. The Kier molecular flexibility index (Phi) is 6.89. The predicted octanol–water partition coefficient (Wildman–Crippen LogP) is 1.82. The first-order valence-corrected chi connectivity index (χ1v) is 12.8. The number of benzene rings is 1. The van der Waals surface area contributed by atoms with Gasteiger partial charge in [0.2, 0.25) is 0 Å². The zero-order valence-electron chi connectivity index (χ0n) is 18.9. The van der Waals surface area contributed by atoms with E-state index in [4.69, 9.17) is 37.6 Å². The van der Waals surface area contributed by atoms with E-state index in [2.05, 4.69) is 0 Å². The fraction of sp³-hybridized carbons (Fsp3) is 0.636. The molecule has 13 heteroatoms. The molecule has 0 aromatic heterocycles. The Morgan fingerprint density at radius 3 is 2.20 bits per heavy atom. The third-order valence-electron chi connectivity index (χ3n) is 7.53. The Balaban J connectivity index is 1.54. The van der Waals surface area contributed by atoms with Gasteiger partial charge in [-0.1, -0.05) is 36.2 Å². The highest BCUT2D eigenvalue weighted by atomic mass is 32.2. The highest BCUT2D eigenvalue weighted by molar-refractivity contribution is 7.87. The van der Waals surface area contributed by atoms with Gasteiger partial charge in [0.1, 0.15) is 11.7 Å². The SMILES string of the molecule is [B]Cc1cc(C[B])c(C[B])c(C(=O)OC2C3CC4CC2CC(OC(=O)C(F)(F)S(=O)(=O)O)(C4)C3)c1.